The highest BCUT2D eigenvalue weighted by Gasteiger charge is 2.06. The molecular formula is C18H15ClN4O3. The maximum absolute atomic E-state index is 10.6. The normalized spacial score (nSPS) is 11.0. The van der Waals surface area contributed by atoms with Crippen molar-refractivity contribution in [3.8, 4) is 5.75 Å². The predicted molar refractivity (Wildman–Crippen MR) is 102 cm³/mol. The number of nitro benzene ring substituents is 1. The Bertz CT molecular complexity index is 974. The topological polar surface area (TPSA) is 89.6 Å². The zero-order valence-corrected chi connectivity index (χ0v) is 14.6. The van der Waals surface area contributed by atoms with Gasteiger partial charge >= 0.3 is 0 Å². The summed E-state index contributed by atoms with van der Waals surface area (Å²) < 4.78 is 5.46. The number of halogens is 1. The minimum Gasteiger partial charge on any atom is -0.494 e. The van der Waals surface area contributed by atoms with Crippen LogP contribution in [0.25, 0.3) is 10.9 Å². The lowest BCUT2D eigenvalue weighted by molar-refractivity contribution is -0.384. The molecule has 0 spiro atoms. The van der Waals surface area contributed by atoms with Crippen molar-refractivity contribution in [3.05, 3.63) is 69.4 Å². The number of non-ortho nitro benzene ring substituents is 1. The maximum Gasteiger partial charge on any atom is 0.269 e. The van der Waals surface area contributed by atoms with Gasteiger partial charge in [-0.3, -0.25) is 15.5 Å². The van der Waals surface area contributed by atoms with Gasteiger partial charge in [-0.05, 0) is 37.3 Å². The van der Waals surface area contributed by atoms with Crippen molar-refractivity contribution < 1.29 is 9.66 Å². The molecule has 0 aliphatic heterocycles. The average Bonchev–Trinajstić information content (AvgIpc) is 2.63. The van der Waals surface area contributed by atoms with Crippen molar-refractivity contribution in [2.45, 2.75) is 6.92 Å². The van der Waals surface area contributed by atoms with Gasteiger partial charge in [-0.1, -0.05) is 11.6 Å². The van der Waals surface area contributed by atoms with E-state index in [4.69, 9.17) is 16.3 Å². The number of anilines is 1. The highest BCUT2D eigenvalue weighted by molar-refractivity contribution is 6.32. The summed E-state index contributed by atoms with van der Waals surface area (Å²) in [4.78, 5) is 14.6. The molecule has 0 fully saturated rings. The molecule has 0 unspecified atom stereocenters. The Balaban J connectivity index is 1.77. The second-order valence-electron chi connectivity index (χ2n) is 5.33. The van der Waals surface area contributed by atoms with E-state index in [0.717, 1.165) is 16.7 Å². The van der Waals surface area contributed by atoms with Crippen LogP contribution in [0, 0.1) is 10.1 Å². The van der Waals surface area contributed by atoms with E-state index in [2.05, 4.69) is 15.5 Å². The molecule has 0 aliphatic carbocycles. The maximum atomic E-state index is 10.6. The summed E-state index contributed by atoms with van der Waals surface area (Å²) >= 11 is 6.22. The lowest BCUT2D eigenvalue weighted by Gasteiger charge is -2.06. The molecule has 132 valence electrons. The number of fused-ring (bicyclic) bond motifs is 1. The number of hydrogen-bond donors (Lipinski definition) is 1. The third kappa shape index (κ3) is 4.07. The number of nitrogens with one attached hydrogen (secondary N) is 1. The quantitative estimate of drug-likeness (QED) is 0.295. The molecule has 0 bridgehead atoms. The van der Waals surface area contributed by atoms with E-state index in [9.17, 15) is 10.1 Å². The van der Waals surface area contributed by atoms with Crippen LogP contribution >= 0.6 is 11.6 Å². The van der Waals surface area contributed by atoms with Crippen LogP contribution in [-0.2, 0) is 0 Å². The van der Waals surface area contributed by atoms with Crippen LogP contribution in [0.1, 0.15) is 12.5 Å². The molecule has 2 aromatic carbocycles. The molecule has 0 amide bonds. The molecule has 7 nitrogen and oxygen atoms in total. The van der Waals surface area contributed by atoms with Crippen LogP contribution in [0.5, 0.6) is 5.75 Å². The number of ether oxygens (including phenoxy) is 1. The standard InChI is InChI=1S/C18H15ClN4O3/c1-2-26-16-8-3-12-9-13(18(19)21-17(12)10-16)11-20-22-14-4-6-15(7-5-14)23(24)25/h3-11,22H,2H2,1H3. The Kier molecular flexibility index (Phi) is 5.28. The van der Waals surface area contributed by atoms with Gasteiger partial charge in [0.1, 0.15) is 10.9 Å². The number of nitro groups is 1. The first-order valence-corrected chi connectivity index (χ1v) is 8.21. The fourth-order valence-electron chi connectivity index (χ4n) is 2.32. The average molecular weight is 371 g/mol. The monoisotopic (exact) mass is 370 g/mol. The van der Waals surface area contributed by atoms with Crippen LogP contribution < -0.4 is 10.2 Å². The van der Waals surface area contributed by atoms with Crippen LogP contribution in [0.4, 0.5) is 11.4 Å². The van der Waals surface area contributed by atoms with Crippen molar-refractivity contribution >= 4 is 40.1 Å². The Morgan fingerprint density at radius 3 is 2.73 bits per heavy atom. The minimum absolute atomic E-state index is 0.0210. The highest BCUT2D eigenvalue weighted by Crippen LogP contribution is 2.23. The molecule has 0 aliphatic rings. The van der Waals surface area contributed by atoms with Gasteiger partial charge in [0, 0.05) is 29.1 Å². The summed E-state index contributed by atoms with van der Waals surface area (Å²) in [5, 5.41) is 16.0. The van der Waals surface area contributed by atoms with E-state index in [1.54, 1.807) is 18.3 Å². The van der Waals surface area contributed by atoms with Gasteiger partial charge in [0.05, 0.1) is 28.9 Å². The Labute approximate surface area is 154 Å². The molecular weight excluding hydrogens is 356 g/mol. The summed E-state index contributed by atoms with van der Waals surface area (Å²) in [6.45, 7) is 2.50. The van der Waals surface area contributed by atoms with Gasteiger partial charge in [0.15, 0.2) is 0 Å². The predicted octanol–water partition coefficient (Wildman–Crippen LogP) is 4.64. The summed E-state index contributed by atoms with van der Waals surface area (Å²) in [7, 11) is 0. The molecule has 1 N–H and O–H groups in total. The van der Waals surface area contributed by atoms with Crippen LogP contribution in [0.15, 0.2) is 53.6 Å². The zero-order chi connectivity index (χ0) is 18.5. The summed E-state index contributed by atoms with van der Waals surface area (Å²) in [6, 6.07) is 13.4. The van der Waals surface area contributed by atoms with Gasteiger partial charge in [-0.15, -0.1) is 0 Å². The number of benzene rings is 2. The lowest BCUT2D eigenvalue weighted by atomic mass is 10.1. The van der Waals surface area contributed by atoms with E-state index >= 15 is 0 Å². The molecule has 3 aromatic rings. The van der Waals surface area contributed by atoms with Gasteiger partial charge in [0.2, 0.25) is 0 Å². The number of nitrogens with zero attached hydrogens (tertiary/aromatic N) is 3. The van der Waals surface area contributed by atoms with Gasteiger partial charge in [-0.2, -0.15) is 5.10 Å². The van der Waals surface area contributed by atoms with Gasteiger partial charge in [0.25, 0.3) is 5.69 Å². The van der Waals surface area contributed by atoms with Crippen LogP contribution in [0.2, 0.25) is 5.15 Å². The van der Waals surface area contributed by atoms with E-state index < -0.39 is 4.92 Å². The van der Waals surface area contributed by atoms with Crippen LogP contribution in [0.3, 0.4) is 0 Å². The van der Waals surface area contributed by atoms with E-state index in [-0.39, 0.29) is 5.69 Å². The minimum atomic E-state index is -0.454. The highest BCUT2D eigenvalue weighted by atomic mass is 35.5. The zero-order valence-electron chi connectivity index (χ0n) is 13.8. The first-order valence-electron chi connectivity index (χ1n) is 7.83. The third-order valence-electron chi connectivity index (χ3n) is 3.56. The molecule has 0 atom stereocenters. The summed E-state index contributed by atoms with van der Waals surface area (Å²) in [6.07, 6.45) is 1.55. The van der Waals surface area contributed by atoms with Crippen molar-refractivity contribution in [2.75, 3.05) is 12.0 Å². The Hall–Kier alpha value is -3.19. The lowest BCUT2D eigenvalue weighted by Crippen LogP contribution is -1.95. The van der Waals surface area contributed by atoms with Crippen molar-refractivity contribution in [1.29, 1.82) is 0 Å². The Morgan fingerprint density at radius 2 is 2.04 bits per heavy atom. The molecule has 0 saturated carbocycles. The molecule has 8 heteroatoms. The smallest absolute Gasteiger partial charge is 0.269 e. The fourth-order valence-corrected chi connectivity index (χ4v) is 2.52. The first kappa shape index (κ1) is 17.6. The first-order chi connectivity index (χ1) is 12.6. The largest absolute Gasteiger partial charge is 0.494 e. The second kappa shape index (κ2) is 7.79. The molecule has 26 heavy (non-hydrogen) atoms. The Morgan fingerprint density at radius 1 is 1.27 bits per heavy atom. The summed E-state index contributed by atoms with van der Waals surface area (Å²) in [5.41, 5.74) is 4.83. The van der Waals surface area contributed by atoms with Crippen molar-refractivity contribution in [3.63, 3.8) is 0 Å². The number of hydrazone groups is 1. The molecule has 3 rings (SSSR count). The molecule has 0 saturated heterocycles. The van der Waals surface area contributed by atoms with Crippen LogP contribution in [-0.4, -0.2) is 22.7 Å². The van der Waals surface area contributed by atoms with E-state index in [1.165, 1.54) is 12.1 Å². The molecule has 1 aromatic heterocycles. The van der Waals surface area contributed by atoms with E-state index in [1.807, 2.05) is 31.2 Å². The van der Waals surface area contributed by atoms with E-state index in [0.29, 0.717) is 23.0 Å². The van der Waals surface area contributed by atoms with Gasteiger partial charge < -0.3 is 4.74 Å². The van der Waals surface area contributed by atoms with Gasteiger partial charge in [-0.25, -0.2) is 4.98 Å². The number of hydrogen-bond acceptors (Lipinski definition) is 6. The summed E-state index contributed by atoms with van der Waals surface area (Å²) in [5.74, 6) is 0.741. The number of rotatable bonds is 6. The molecule has 1 heterocycles. The third-order valence-corrected chi connectivity index (χ3v) is 3.86. The number of aromatic nitrogens is 1. The second-order valence-corrected chi connectivity index (χ2v) is 5.69. The SMILES string of the molecule is CCOc1ccc2cc(C=NNc3ccc([N+](=O)[O-])cc3)c(Cl)nc2c1. The number of pyridine rings is 1. The van der Waals surface area contributed by atoms with Crippen molar-refractivity contribution in [2.24, 2.45) is 5.10 Å². The fraction of sp³-hybridized carbons (Fsp3) is 0.111. The molecule has 0 radical (unpaired) electrons. The van der Waals surface area contributed by atoms with Crippen molar-refractivity contribution in [1.82, 2.24) is 4.98 Å².